The Morgan fingerprint density at radius 1 is 1.25 bits per heavy atom. The molecule has 0 bridgehead atoms. The van der Waals surface area contributed by atoms with Crippen LogP contribution in [0.1, 0.15) is 0 Å². The van der Waals surface area contributed by atoms with E-state index in [0.29, 0.717) is 0 Å². The number of fused-ring (bicyclic) bond motifs is 1. The molecule has 2 heterocycles. The summed E-state index contributed by atoms with van der Waals surface area (Å²) in [6.07, 6.45) is 0. The highest BCUT2D eigenvalue weighted by molar-refractivity contribution is 7.99. The van der Waals surface area contributed by atoms with Gasteiger partial charge in [-0.3, -0.25) is 0 Å². The summed E-state index contributed by atoms with van der Waals surface area (Å²) in [6.45, 7) is 4.78. The Morgan fingerprint density at radius 2 is 2.12 bits per heavy atom. The summed E-state index contributed by atoms with van der Waals surface area (Å²) >= 11 is 1.94. The van der Waals surface area contributed by atoms with Crippen molar-refractivity contribution in [3.8, 4) is 0 Å². The molecule has 0 atom stereocenters. The van der Waals surface area contributed by atoms with Crippen molar-refractivity contribution in [2.45, 2.75) is 4.90 Å². The fraction of sp³-hybridized carbons (Fsp3) is 0.500. The highest BCUT2D eigenvalue weighted by atomic mass is 32.2. The summed E-state index contributed by atoms with van der Waals surface area (Å²) in [5, 5.41) is 3.46. The predicted octanol–water partition coefficient (Wildman–Crippen LogP) is 2.04. The van der Waals surface area contributed by atoms with Crippen LogP contribution in [-0.2, 0) is 4.74 Å². The van der Waals surface area contributed by atoms with Crippen LogP contribution < -0.4 is 10.2 Å². The summed E-state index contributed by atoms with van der Waals surface area (Å²) in [7, 11) is 0. The van der Waals surface area contributed by atoms with Crippen molar-refractivity contribution < 1.29 is 4.74 Å². The van der Waals surface area contributed by atoms with Crippen LogP contribution >= 0.6 is 11.8 Å². The standard InChI is InChI=1S/C12H16N2OS/c1-2-12-11(13-3-8-16-12)9-10(1)14-4-6-15-7-5-14/h1-2,9,13H,3-8H2. The fourth-order valence-electron chi connectivity index (χ4n) is 2.15. The number of thioether (sulfide) groups is 1. The van der Waals surface area contributed by atoms with Gasteiger partial charge in [-0.2, -0.15) is 0 Å². The Hall–Kier alpha value is -0.870. The molecule has 1 saturated heterocycles. The molecule has 1 fully saturated rings. The van der Waals surface area contributed by atoms with Crippen molar-refractivity contribution in [1.29, 1.82) is 0 Å². The van der Waals surface area contributed by atoms with Gasteiger partial charge in [-0.1, -0.05) is 0 Å². The number of benzene rings is 1. The smallest absolute Gasteiger partial charge is 0.0642 e. The van der Waals surface area contributed by atoms with Crippen LogP contribution in [0.25, 0.3) is 0 Å². The third-order valence-corrected chi connectivity index (χ3v) is 4.09. The summed E-state index contributed by atoms with van der Waals surface area (Å²) in [6, 6.07) is 6.73. The average Bonchev–Trinajstić information content (AvgIpc) is 2.39. The van der Waals surface area contributed by atoms with Gasteiger partial charge < -0.3 is 15.0 Å². The molecule has 2 aliphatic heterocycles. The van der Waals surface area contributed by atoms with Gasteiger partial charge in [0.15, 0.2) is 0 Å². The third kappa shape index (κ3) is 1.99. The van der Waals surface area contributed by atoms with Gasteiger partial charge in [0, 0.05) is 41.7 Å². The lowest BCUT2D eigenvalue weighted by Crippen LogP contribution is -2.36. The number of nitrogens with zero attached hydrogens (tertiary/aromatic N) is 1. The topological polar surface area (TPSA) is 24.5 Å². The summed E-state index contributed by atoms with van der Waals surface area (Å²) in [4.78, 5) is 3.77. The van der Waals surface area contributed by atoms with Crippen molar-refractivity contribution in [2.75, 3.05) is 48.8 Å². The molecule has 0 saturated carbocycles. The van der Waals surface area contributed by atoms with Gasteiger partial charge in [0.2, 0.25) is 0 Å². The molecule has 0 aromatic heterocycles. The van der Waals surface area contributed by atoms with Gasteiger partial charge in [-0.05, 0) is 18.2 Å². The highest BCUT2D eigenvalue weighted by Crippen LogP contribution is 2.34. The molecule has 3 rings (SSSR count). The number of hydrogen-bond acceptors (Lipinski definition) is 4. The molecule has 0 spiro atoms. The van der Waals surface area contributed by atoms with Crippen molar-refractivity contribution in [3.05, 3.63) is 18.2 Å². The fourth-order valence-corrected chi connectivity index (χ4v) is 3.02. The van der Waals surface area contributed by atoms with Gasteiger partial charge in [0.05, 0.1) is 13.2 Å². The van der Waals surface area contributed by atoms with Crippen LogP contribution in [0.4, 0.5) is 11.4 Å². The van der Waals surface area contributed by atoms with Crippen molar-refractivity contribution in [1.82, 2.24) is 0 Å². The Labute approximate surface area is 100 Å². The number of ether oxygens (including phenoxy) is 1. The van der Waals surface area contributed by atoms with Gasteiger partial charge in [-0.25, -0.2) is 0 Å². The van der Waals surface area contributed by atoms with Crippen LogP contribution in [0.2, 0.25) is 0 Å². The minimum atomic E-state index is 0.846. The zero-order valence-corrected chi connectivity index (χ0v) is 10.1. The molecule has 1 aromatic rings. The maximum absolute atomic E-state index is 5.37. The molecule has 0 radical (unpaired) electrons. The second kappa shape index (κ2) is 4.55. The van der Waals surface area contributed by atoms with E-state index < -0.39 is 0 Å². The first-order valence-electron chi connectivity index (χ1n) is 5.77. The molecule has 0 amide bonds. The Bertz CT molecular complexity index is 377. The quantitative estimate of drug-likeness (QED) is 0.806. The summed E-state index contributed by atoms with van der Waals surface area (Å²) in [5.41, 5.74) is 2.61. The molecule has 1 N–H and O–H groups in total. The van der Waals surface area contributed by atoms with E-state index in [1.807, 2.05) is 11.8 Å². The van der Waals surface area contributed by atoms with E-state index in [9.17, 15) is 0 Å². The Morgan fingerprint density at radius 3 is 3.00 bits per heavy atom. The average molecular weight is 236 g/mol. The molecule has 16 heavy (non-hydrogen) atoms. The molecular formula is C12H16N2OS. The largest absolute Gasteiger partial charge is 0.383 e. The molecule has 1 aromatic carbocycles. The lowest BCUT2D eigenvalue weighted by atomic mass is 10.2. The maximum atomic E-state index is 5.37. The summed E-state index contributed by atoms with van der Waals surface area (Å²) < 4.78 is 5.37. The molecule has 2 aliphatic rings. The number of nitrogens with one attached hydrogen (secondary N) is 1. The first-order valence-corrected chi connectivity index (χ1v) is 6.75. The predicted molar refractivity (Wildman–Crippen MR) is 68.7 cm³/mol. The molecule has 86 valence electrons. The van der Waals surface area contributed by atoms with Gasteiger partial charge in [0.25, 0.3) is 0 Å². The minimum Gasteiger partial charge on any atom is -0.383 e. The van der Waals surface area contributed by atoms with E-state index in [2.05, 4.69) is 28.4 Å². The second-order valence-corrected chi connectivity index (χ2v) is 5.19. The lowest BCUT2D eigenvalue weighted by Gasteiger charge is -2.30. The third-order valence-electron chi connectivity index (χ3n) is 3.01. The Balaban J connectivity index is 1.84. The van der Waals surface area contributed by atoms with E-state index in [-0.39, 0.29) is 0 Å². The minimum absolute atomic E-state index is 0.846. The van der Waals surface area contributed by atoms with Gasteiger partial charge in [0.1, 0.15) is 0 Å². The number of morpholine rings is 1. The van der Waals surface area contributed by atoms with Crippen LogP contribution in [0, 0.1) is 0 Å². The zero-order valence-electron chi connectivity index (χ0n) is 9.24. The molecule has 0 aliphatic carbocycles. The monoisotopic (exact) mass is 236 g/mol. The van der Waals surface area contributed by atoms with Crippen LogP contribution in [0.5, 0.6) is 0 Å². The van der Waals surface area contributed by atoms with Gasteiger partial charge >= 0.3 is 0 Å². The van der Waals surface area contributed by atoms with E-state index in [0.717, 1.165) is 32.8 Å². The number of hydrogen-bond donors (Lipinski definition) is 1. The van der Waals surface area contributed by atoms with E-state index in [4.69, 9.17) is 4.74 Å². The maximum Gasteiger partial charge on any atom is 0.0642 e. The first kappa shape index (κ1) is 10.3. The SMILES string of the molecule is c1cc2c(cc1N1CCOCC1)NCCS2. The van der Waals surface area contributed by atoms with Crippen LogP contribution in [0.15, 0.2) is 23.1 Å². The van der Waals surface area contributed by atoms with E-state index >= 15 is 0 Å². The van der Waals surface area contributed by atoms with Crippen molar-refractivity contribution in [3.63, 3.8) is 0 Å². The van der Waals surface area contributed by atoms with Crippen molar-refractivity contribution in [2.24, 2.45) is 0 Å². The lowest BCUT2D eigenvalue weighted by molar-refractivity contribution is 0.122. The summed E-state index contributed by atoms with van der Waals surface area (Å²) in [5.74, 6) is 1.17. The van der Waals surface area contributed by atoms with Crippen molar-refractivity contribution >= 4 is 23.1 Å². The molecular weight excluding hydrogens is 220 g/mol. The molecule has 0 unspecified atom stereocenters. The van der Waals surface area contributed by atoms with Gasteiger partial charge in [-0.15, -0.1) is 11.8 Å². The number of anilines is 2. The molecule has 4 heteroatoms. The molecule has 3 nitrogen and oxygen atoms in total. The van der Waals surface area contributed by atoms with Crippen LogP contribution in [-0.4, -0.2) is 38.6 Å². The number of rotatable bonds is 1. The zero-order chi connectivity index (χ0) is 10.8. The first-order chi connectivity index (χ1) is 7.93. The second-order valence-electron chi connectivity index (χ2n) is 4.06. The van der Waals surface area contributed by atoms with E-state index in [1.54, 1.807) is 0 Å². The van der Waals surface area contributed by atoms with Crippen LogP contribution in [0.3, 0.4) is 0 Å². The van der Waals surface area contributed by atoms with E-state index in [1.165, 1.54) is 22.0 Å². The highest BCUT2D eigenvalue weighted by Gasteiger charge is 2.14. The normalized spacial score (nSPS) is 20.1. The Kier molecular flexibility index (Phi) is 2.93.